The zero-order valence-corrected chi connectivity index (χ0v) is 7.80. The van der Waals surface area contributed by atoms with Crippen LogP contribution in [0.1, 0.15) is 24.5 Å². The van der Waals surface area contributed by atoms with E-state index in [9.17, 15) is 0 Å². The van der Waals surface area contributed by atoms with Crippen molar-refractivity contribution in [2.45, 2.75) is 26.7 Å². The van der Waals surface area contributed by atoms with Crippen LogP contribution in [0.3, 0.4) is 0 Å². The van der Waals surface area contributed by atoms with Crippen molar-refractivity contribution in [3.63, 3.8) is 0 Å². The molecule has 64 valence electrons. The van der Waals surface area contributed by atoms with Gasteiger partial charge in [-0.3, -0.25) is 4.99 Å². The molecule has 0 spiro atoms. The molecule has 0 aliphatic heterocycles. The van der Waals surface area contributed by atoms with Crippen LogP contribution < -0.4 is 0 Å². The van der Waals surface area contributed by atoms with Crippen molar-refractivity contribution >= 4 is 12.4 Å². The van der Waals surface area contributed by atoms with Crippen LogP contribution in [0, 0.1) is 6.92 Å². The molecule has 0 unspecified atom stereocenters. The molecule has 1 rings (SSSR count). The van der Waals surface area contributed by atoms with Crippen molar-refractivity contribution in [1.82, 2.24) is 0 Å². The second-order valence-electron chi connectivity index (χ2n) is 3.04. The summed E-state index contributed by atoms with van der Waals surface area (Å²) in [6, 6.07) is 6.30. The topological polar surface area (TPSA) is 12.4 Å². The largest absolute Gasteiger partial charge is 0.264 e. The van der Waals surface area contributed by atoms with E-state index < -0.39 is 0 Å². The highest BCUT2D eigenvalue weighted by atomic mass is 14.7. The number of hydrogen-bond acceptors (Lipinski definition) is 1. The van der Waals surface area contributed by atoms with Crippen LogP contribution >= 0.6 is 0 Å². The number of aliphatic imine (C=N–C) groups is 1. The van der Waals surface area contributed by atoms with Crippen molar-refractivity contribution in [3.8, 4) is 0 Å². The zero-order valence-electron chi connectivity index (χ0n) is 7.80. The first kappa shape index (κ1) is 8.98. The van der Waals surface area contributed by atoms with Gasteiger partial charge in [0.15, 0.2) is 0 Å². The fourth-order valence-corrected chi connectivity index (χ4v) is 1.34. The Morgan fingerprint density at radius 2 is 2.17 bits per heavy atom. The van der Waals surface area contributed by atoms with Crippen LogP contribution in [-0.2, 0) is 6.42 Å². The lowest BCUT2D eigenvalue weighted by Crippen LogP contribution is -1.85. The van der Waals surface area contributed by atoms with Crippen molar-refractivity contribution < 1.29 is 0 Å². The van der Waals surface area contributed by atoms with Crippen LogP contribution in [0.25, 0.3) is 0 Å². The van der Waals surface area contributed by atoms with Crippen molar-refractivity contribution in [2.75, 3.05) is 0 Å². The molecule has 0 saturated carbocycles. The van der Waals surface area contributed by atoms with E-state index in [1.807, 2.05) is 6.07 Å². The number of rotatable bonds is 3. The minimum atomic E-state index is 1.03. The summed E-state index contributed by atoms with van der Waals surface area (Å²) in [5.41, 5.74) is 3.64. The lowest BCUT2D eigenvalue weighted by Gasteiger charge is -2.04. The Labute approximate surface area is 74.2 Å². The Bertz CT molecular complexity index is 276. The molecule has 12 heavy (non-hydrogen) atoms. The van der Waals surface area contributed by atoms with E-state index in [1.54, 1.807) is 0 Å². The Kier molecular flexibility index (Phi) is 3.03. The quantitative estimate of drug-likeness (QED) is 0.603. The fourth-order valence-electron chi connectivity index (χ4n) is 1.34. The second kappa shape index (κ2) is 4.05. The Morgan fingerprint density at radius 3 is 2.75 bits per heavy atom. The zero-order chi connectivity index (χ0) is 8.97. The minimum Gasteiger partial charge on any atom is -0.264 e. The van der Waals surface area contributed by atoms with E-state index in [2.05, 4.69) is 37.7 Å². The summed E-state index contributed by atoms with van der Waals surface area (Å²) in [7, 11) is 0. The summed E-state index contributed by atoms with van der Waals surface area (Å²) in [6.45, 7) is 7.83. The molecule has 0 aromatic heterocycles. The third-order valence-electron chi connectivity index (χ3n) is 1.92. The van der Waals surface area contributed by atoms with E-state index in [0.717, 1.165) is 18.5 Å². The van der Waals surface area contributed by atoms with Gasteiger partial charge in [0.2, 0.25) is 0 Å². The first-order chi connectivity index (χ1) is 5.77. The molecule has 0 bridgehead atoms. The Hall–Kier alpha value is -1.11. The van der Waals surface area contributed by atoms with Crippen LogP contribution in [-0.4, -0.2) is 6.72 Å². The molecule has 0 saturated heterocycles. The van der Waals surface area contributed by atoms with E-state index in [0.29, 0.717) is 0 Å². The summed E-state index contributed by atoms with van der Waals surface area (Å²) in [6.07, 6.45) is 2.25. The van der Waals surface area contributed by atoms with Gasteiger partial charge in [0.05, 0.1) is 5.69 Å². The maximum atomic E-state index is 3.98. The van der Waals surface area contributed by atoms with Crippen molar-refractivity contribution in [1.29, 1.82) is 0 Å². The number of nitrogens with zero attached hydrogens (tertiary/aromatic N) is 1. The molecule has 0 radical (unpaired) electrons. The Balaban J connectivity index is 3.03. The van der Waals surface area contributed by atoms with Crippen LogP contribution in [0.4, 0.5) is 5.69 Å². The van der Waals surface area contributed by atoms with E-state index >= 15 is 0 Å². The second-order valence-corrected chi connectivity index (χ2v) is 3.04. The van der Waals surface area contributed by atoms with Gasteiger partial charge in [-0.15, -0.1) is 0 Å². The lowest BCUT2D eigenvalue weighted by molar-refractivity contribution is 0.920. The minimum absolute atomic E-state index is 1.03. The molecular formula is C11H15N. The standard InChI is InChI=1S/C11H15N/c1-4-5-10-8-9(2)6-7-11(10)12-3/h6-8H,3-5H2,1-2H3. The number of aryl methyl sites for hydroxylation is 2. The van der Waals surface area contributed by atoms with E-state index in [4.69, 9.17) is 0 Å². The van der Waals surface area contributed by atoms with Crippen LogP contribution in [0.15, 0.2) is 23.2 Å². The first-order valence-corrected chi connectivity index (χ1v) is 4.34. The molecule has 0 aliphatic rings. The molecule has 0 atom stereocenters. The normalized spacial score (nSPS) is 9.83. The summed E-state index contributed by atoms with van der Waals surface area (Å²) >= 11 is 0. The third kappa shape index (κ3) is 1.94. The molecule has 0 aliphatic carbocycles. The predicted molar refractivity (Wildman–Crippen MR) is 54.4 cm³/mol. The molecule has 1 nitrogen and oxygen atoms in total. The molecule has 0 amide bonds. The maximum Gasteiger partial charge on any atom is 0.0654 e. The summed E-state index contributed by atoms with van der Waals surface area (Å²) in [5, 5.41) is 0. The Morgan fingerprint density at radius 1 is 1.42 bits per heavy atom. The van der Waals surface area contributed by atoms with Crippen molar-refractivity contribution in [2.24, 2.45) is 4.99 Å². The highest BCUT2D eigenvalue weighted by Crippen LogP contribution is 2.21. The smallest absolute Gasteiger partial charge is 0.0654 e. The molecule has 1 aromatic carbocycles. The van der Waals surface area contributed by atoms with Gasteiger partial charge >= 0.3 is 0 Å². The van der Waals surface area contributed by atoms with Gasteiger partial charge in [-0.1, -0.05) is 31.0 Å². The fraction of sp³-hybridized carbons (Fsp3) is 0.364. The van der Waals surface area contributed by atoms with Crippen LogP contribution in [0.2, 0.25) is 0 Å². The number of hydrogen-bond donors (Lipinski definition) is 0. The molecular weight excluding hydrogens is 146 g/mol. The molecule has 1 heteroatoms. The molecule has 1 aromatic rings. The highest BCUT2D eigenvalue weighted by molar-refractivity contribution is 5.52. The van der Waals surface area contributed by atoms with Crippen LogP contribution in [0.5, 0.6) is 0 Å². The summed E-state index contributed by atoms with van der Waals surface area (Å²) in [5.74, 6) is 0. The predicted octanol–water partition coefficient (Wildman–Crippen LogP) is 3.28. The summed E-state index contributed by atoms with van der Waals surface area (Å²) < 4.78 is 0. The SMILES string of the molecule is C=Nc1ccc(C)cc1CCC. The maximum absolute atomic E-state index is 3.98. The third-order valence-corrected chi connectivity index (χ3v) is 1.92. The van der Waals surface area contributed by atoms with Crippen molar-refractivity contribution in [3.05, 3.63) is 29.3 Å². The summed E-state index contributed by atoms with van der Waals surface area (Å²) in [4.78, 5) is 3.98. The molecule has 0 fully saturated rings. The van der Waals surface area contributed by atoms with Gasteiger partial charge in [0, 0.05) is 0 Å². The molecule has 0 heterocycles. The van der Waals surface area contributed by atoms with Gasteiger partial charge in [-0.25, -0.2) is 0 Å². The van der Waals surface area contributed by atoms with Gasteiger partial charge in [0.1, 0.15) is 0 Å². The van der Waals surface area contributed by atoms with Gasteiger partial charge in [-0.05, 0) is 31.7 Å². The highest BCUT2D eigenvalue weighted by Gasteiger charge is 1.98. The first-order valence-electron chi connectivity index (χ1n) is 4.34. The number of benzene rings is 1. The van der Waals surface area contributed by atoms with E-state index in [-0.39, 0.29) is 0 Å². The average Bonchev–Trinajstić information content (AvgIpc) is 2.05. The van der Waals surface area contributed by atoms with Gasteiger partial charge in [0.25, 0.3) is 0 Å². The lowest BCUT2D eigenvalue weighted by atomic mass is 10.1. The van der Waals surface area contributed by atoms with Gasteiger partial charge < -0.3 is 0 Å². The average molecular weight is 161 g/mol. The van der Waals surface area contributed by atoms with E-state index in [1.165, 1.54) is 11.1 Å². The molecule has 0 N–H and O–H groups in total. The van der Waals surface area contributed by atoms with Gasteiger partial charge in [-0.2, -0.15) is 0 Å². The monoisotopic (exact) mass is 161 g/mol.